The first-order chi connectivity index (χ1) is 22.2. The Balaban J connectivity index is 1.37. The van der Waals surface area contributed by atoms with Crippen LogP contribution in [0.1, 0.15) is 66.3 Å². The number of hydrogen-bond donors (Lipinski definition) is 1. The Morgan fingerprint density at radius 1 is 1.02 bits per heavy atom. The average Bonchev–Trinajstić information content (AvgIpc) is 3.51. The van der Waals surface area contributed by atoms with Gasteiger partial charge in [0.25, 0.3) is 12.1 Å². The predicted octanol–water partition coefficient (Wildman–Crippen LogP) is 7.09. The van der Waals surface area contributed by atoms with Crippen molar-refractivity contribution in [3.63, 3.8) is 0 Å². The second-order valence-electron chi connectivity index (χ2n) is 11.9. The summed E-state index contributed by atoms with van der Waals surface area (Å²) in [7, 11) is -3.43. The van der Waals surface area contributed by atoms with E-state index in [0.29, 0.717) is 29.4 Å². The molecule has 0 aliphatic rings. The SMILES string of the molecule is CCOC(=O)C(NC(=O)c1ccc(C)c(OCc2nc(C(C)(C)C)cs2)c1)Oc1ccc(CCCS(=O)(=O)c2ccc(Cl)cc2)cc1. The number of carbonyl (C=O) groups is 2. The fourth-order valence-electron chi connectivity index (χ4n) is 4.41. The normalized spacial score (nSPS) is 12.3. The highest BCUT2D eigenvalue weighted by Gasteiger charge is 2.25. The number of halogens is 1. The van der Waals surface area contributed by atoms with Crippen molar-refractivity contribution in [2.45, 2.75) is 70.6 Å². The lowest BCUT2D eigenvalue weighted by Gasteiger charge is -2.19. The maximum absolute atomic E-state index is 13.3. The van der Waals surface area contributed by atoms with Crippen molar-refractivity contribution in [3.05, 3.63) is 105 Å². The number of aromatic nitrogens is 1. The molecule has 1 atom stereocenters. The van der Waals surface area contributed by atoms with Gasteiger partial charge in [-0.25, -0.2) is 18.2 Å². The topological polar surface area (TPSA) is 121 Å². The minimum Gasteiger partial charge on any atom is -0.486 e. The van der Waals surface area contributed by atoms with Crippen LogP contribution in [0.4, 0.5) is 0 Å². The molecule has 0 radical (unpaired) electrons. The van der Waals surface area contributed by atoms with E-state index < -0.39 is 27.9 Å². The van der Waals surface area contributed by atoms with E-state index in [-0.39, 0.29) is 34.8 Å². The lowest BCUT2D eigenvalue weighted by Crippen LogP contribution is -2.46. The molecule has 4 aromatic rings. The monoisotopic (exact) mass is 698 g/mol. The summed E-state index contributed by atoms with van der Waals surface area (Å²) in [6, 6.07) is 18.0. The number of amides is 1. The quantitative estimate of drug-likeness (QED) is 0.110. The molecule has 0 spiro atoms. The Hall–Kier alpha value is -3.93. The Labute approximate surface area is 285 Å². The first-order valence-electron chi connectivity index (χ1n) is 15.1. The highest BCUT2D eigenvalue weighted by molar-refractivity contribution is 7.91. The number of carbonyl (C=O) groups excluding carboxylic acids is 2. The molecule has 1 aromatic heterocycles. The number of aryl methyl sites for hydroxylation is 2. The number of hydrogen-bond acceptors (Lipinski definition) is 9. The van der Waals surface area contributed by atoms with Crippen LogP contribution in [0.15, 0.2) is 77.0 Å². The van der Waals surface area contributed by atoms with E-state index in [1.165, 1.54) is 23.5 Å². The summed E-state index contributed by atoms with van der Waals surface area (Å²) >= 11 is 7.39. The van der Waals surface area contributed by atoms with Gasteiger partial charge in [0.05, 0.1) is 22.9 Å². The number of benzene rings is 3. The molecule has 1 heterocycles. The van der Waals surface area contributed by atoms with Crippen LogP contribution in [0.2, 0.25) is 5.02 Å². The second-order valence-corrected chi connectivity index (χ2v) is 15.4. The molecule has 1 N–H and O–H groups in total. The van der Waals surface area contributed by atoms with Gasteiger partial charge >= 0.3 is 5.97 Å². The minimum atomic E-state index is -3.43. The standard InChI is InChI=1S/C35H39ClN2O7S2/c1-6-43-34(40)33(45-27-15-10-24(11-16-27)8-7-19-47(41,42)28-17-13-26(36)14-18-28)38-32(39)25-12-9-23(2)29(20-25)44-21-31-37-30(22-46-31)35(3,4)5/h9-18,20,22,33H,6-8,19,21H2,1-5H3,(H,38,39). The molecule has 3 aromatic carbocycles. The molecule has 250 valence electrons. The van der Waals surface area contributed by atoms with Crippen LogP contribution in [0.3, 0.4) is 0 Å². The number of rotatable bonds is 14. The van der Waals surface area contributed by atoms with Gasteiger partial charge in [0.15, 0.2) is 9.84 Å². The van der Waals surface area contributed by atoms with Crippen molar-refractivity contribution in [1.82, 2.24) is 10.3 Å². The van der Waals surface area contributed by atoms with Gasteiger partial charge in [-0.05, 0) is 86.3 Å². The Kier molecular flexibility index (Phi) is 12.1. The smallest absolute Gasteiger partial charge is 0.369 e. The van der Waals surface area contributed by atoms with Gasteiger partial charge in [-0.15, -0.1) is 11.3 Å². The molecule has 12 heteroatoms. The van der Waals surface area contributed by atoms with Crippen molar-refractivity contribution in [3.8, 4) is 11.5 Å². The summed E-state index contributed by atoms with van der Waals surface area (Å²) in [5.41, 5.74) is 2.94. The van der Waals surface area contributed by atoms with Crippen LogP contribution in [-0.2, 0) is 37.8 Å². The largest absolute Gasteiger partial charge is 0.486 e. The van der Waals surface area contributed by atoms with Crippen LogP contribution in [0.5, 0.6) is 11.5 Å². The van der Waals surface area contributed by atoms with Crippen molar-refractivity contribution >= 4 is 44.7 Å². The van der Waals surface area contributed by atoms with Crippen LogP contribution in [0, 0.1) is 6.92 Å². The maximum Gasteiger partial charge on any atom is 0.369 e. The molecule has 0 saturated heterocycles. The number of sulfone groups is 1. The van der Waals surface area contributed by atoms with E-state index in [4.69, 9.17) is 25.8 Å². The van der Waals surface area contributed by atoms with Crippen molar-refractivity contribution in [2.75, 3.05) is 12.4 Å². The van der Waals surface area contributed by atoms with Gasteiger partial charge in [-0.2, -0.15) is 0 Å². The van der Waals surface area contributed by atoms with Crippen LogP contribution in [-0.4, -0.2) is 43.9 Å². The summed E-state index contributed by atoms with van der Waals surface area (Å²) in [4.78, 5) is 30.9. The summed E-state index contributed by atoms with van der Waals surface area (Å²) < 4.78 is 42.3. The van der Waals surface area contributed by atoms with E-state index in [1.54, 1.807) is 61.5 Å². The highest BCUT2D eigenvalue weighted by atomic mass is 35.5. The van der Waals surface area contributed by atoms with Gasteiger partial charge in [0.1, 0.15) is 23.1 Å². The fraction of sp³-hybridized carbons (Fsp3) is 0.343. The molecule has 0 bridgehead atoms. The van der Waals surface area contributed by atoms with E-state index in [2.05, 4.69) is 31.1 Å². The third-order valence-electron chi connectivity index (χ3n) is 7.11. The Morgan fingerprint density at radius 2 is 1.72 bits per heavy atom. The van der Waals surface area contributed by atoms with Crippen molar-refractivity contribution < 1.29 is 32.2 Å². The number of ether oxygens (including phenoxy) is 3. The summed E-state index contributed by atoms with van der Waals surface area (Å²) in [6.07, 6.45) is -0.477. The summed E-state index contributed by atoms with van der Waals surface area (Å²) in [5.74, 6) is -0.462. The highest BCUT2D eigenvalue weighted by Crippen LogP contribution is 2.26. The van der Waals surface area contributed by atoms with E-state index >= 15 is 0 Å². The molecule has 47 heavy (non-hydrogen) atoms. The zero-order valence-corrected chi connectivity index (χ0v) is 29.4. The van der Waals surface area contributed by atoms with Gasteiger partial charge in [0, 0.05) is 21.4 Å². The summed E-state index contributed by atoms with van der Waals surface area (Å²) in [6.45, 7) is 10.2. The minimum absolute atomic E-state index is 0.0152. The van der Waals surface area contributed by atoms with Crippen LogP contribution >= 0.6 is 22.9 Å². The lowest BCUT2D eigenvalue weighted by molar-refractivity contribution is -0.152. The summed E-state index contributed by atoms with van der Waals surface area (Å²) in [5, 5.41) is 5.94. The van der Waals surface area contributed by atoms with Crippen LogP contribution < -0.4 is 14.8 Å². The molecule has 0 saturated carbocycles. The van der Waals surface area contributed by atoms with Gasteiger partial charge in [-0.3, -0.25) is 4.79 Å². The zero-order chi connectivity index (χ0) is 34.2. The number of nitrogens with zero attached hydrogens (tertiary/aromatic N) is 1. The lowest BCUT2D eigenvalue weighted by atomic mass is 9.93. The molecule has 9 nitrogen and oxygen atoms in total. The van der Waals surface area contributed by atoms with Gasteiger partial charge in [0.2, 0.25) is 0 Å². The van der Waals surface area contributed by atoms with E-state index in [0.717, 1.165) is 21.8 Å². The number of nitrogens with one attached hydrogen (secondary N) is 1. The fourth-order valence-corrected chi connectivity index (χ4v) is 6.78. The first kappa shape index (κ1) is 35.9. The van der Waals surface area contributed by atoms with Crippen molar-refractivity contribution in [1.29, 1.82) is 0 Å². The molecule has 0 fully saturated rings. The predicted molar refractivity (Wildman–Crippen MR) is 183 cm³/mol. The molecular formula is C35H39ClN2O7S2. The molecular weight excluding hydrogens is 660 g/mol. The molecule has 0 aliphatic carbocycles. The molecule has 1 amide bonds. The van der Waals surface area contributed by atoms with Crippen molar-refractivity contribution in [2.24, 2.45) is 0 Å². The maximum atomic E-state index is 13.3. The third kappa shape index (κ3) is 10.3. The Bertz CT molecular complexity index is 1780. The van der Waals surface area contributed by atoms with E-state index in [9.17, 15) is 18.0 Å². The number of thiazole rings is 1. The van der Waals surface area contributed by atoms with Gasteiger partial charge in [-0.1, -0.05) is 50.6 Å². The molecule has 0 aliphatic heterocycles. The number of esters is 1. The Morgan fingerprint density at radius 3 is 2.36 bits per heavy atom. The van der Waals surface area contributed by atoms with E-state index in [1.807, 2.05) is 12.3 Å². The first-order valence-corrected chi connectivity index (χ1v) is 18.1. The molecule has 1 unspecified atom stereocenters. The average molecular weight is 699 g/mol. The van der Waals surface area contributed by atoms with Crippen LogP contribution in [0.25, 0.3) is 0 Å². The second kappa shape index (κ2) is 15.8. The molecule has 4 rings (SSSR count). The van der Waals surface area contributed by atoms with Gasteiger partial charge < -0.3 is 19.5 Å². The third-order valence-corrected chi connectivity index (χ3v) is 10.0. The zero-order valence-electron chi connectivity index (χ0n) is 27.0.